The number of hydrogen-bond donors (Lipinski definition) is 2. The van der Waals surface area contributed by atoms with Crippen molar-refractivity contribution in [2.24, 2.45) is 15.7 Å². The summed E-state index contributed by atoms with van der Waals surface area (Å²) in [4.78, 5) is 6.84. The monoisotopic (exact) mass is 287 g/mol. The van der Waals surface area contributed by atoms with Gasteiger partial charge >= 0.3 is 6.18 Å². The lowest BCUT2D eigenvalue weighted by molar-refractivity contribution is -0.137. The van der Waals surface area contributed by atoms with E-state index in [1.807, 2.05) is 0 Å². The summed E-state index contributed by atoms with van der Waals surface area (Å²) in [5.74, 6) is -2.27. The molecular weight excluding hydrogens is 278 g/mol. The Morgan fingerprint density at radius 2 is 1.95 bits per heavy atom. The summed E-state index contributed by atoms with van der Waals surface area (Å²) < 4.78 is 51.6. The molecule has 0 aliphatic heterocycles. The zero-order valence-electron chi connectivity index (χ0n) is 10.2. The number of nitrogens with two attached hydrogens (primary N) is 2. The lowest BCUT2D eigenvalue weighted by Crippen LogP contribution is -2.22. The van der Waals surface area contributed by atoms with Crippen LogP contribution in [0.3, 0.4) is 0 Å². The van der Waals surface area contributed by atoms with E-state index in [1.165, 1.54) is 13.1 Å². The minimum atomic E-state index is -4.85. The second-order valence-electron chi connectivity index (χ2n) is 3.57. The van der Waals surface area contributed by atoms with Gasteiger partial charge in [0.05, 0.1) is 11.3 Å². The third kappa shape index (κ3) is 3.23. The van der Waals surface area contributed by atoms with Gasteiger partial charge in [-0.05, 0) is 12.1 Å². The molecule has 0 aliphatic rings. The van der Waals surface area contributed by atoms with Gasteiger partial charge in [0.15, 0.2) is 0 Å². The molecule has 0 aliphatic carbocycles. The summed E-state index contributed by atoms with van der Waals surface area (Å²) in [6, 6.07) is 2.47. The van der Waals surface area contributed by atoms with Crippen molar-refractivity contribution < 1.29 is 17.6 Å². The Labute approximate surface area is 111 Å². The van der Waals surface area contributed by atoms with Crippen LogP contribution in [-0.4, -0.2) is 18.7 Å². The maximum Gasteiger partial charge on any atom is 0.417 e. The van der Waals surface area contributed by atoms with E-state index in [0.29, 0.717) is 6.07 Å². The average Bonchev–Trinajstić information content (AvgIpc) is 2.37. The minimum Gasteiger partial charge on any atom is -0.396 e. The summed E-state index contributed by atoms with van der Waals surface area (Å²) in [7, 11) is 1.22. The molecular formula is C11H9F4N5. The smallest absolute Gasteiger partial charge is 0.396 e. The van der Waals surface area contributed by atoms with Gasteiger partial charge in [-0.15, -0.1) is 0 Å². The fourth-order valence-electron chi connectivity index (χ4n) is 1.34. The van der Waals surface area contributed by atoms with Gasteiger partial charge in [-0.2, -0.15) is 18.4 Å². The molecule has 0 aromatic heterocycles. The van der Waals surface area contributed by atoms with Gasteiger partial charge in [-0.25, -0.2) is 9.38 Å². The van der Waals surface area contributed by atoms with Crippen LogP contribution >= 0.6 is 0 Å². The Morgan fingerprint density at radius 3 is 2.40 bits per heavy atom. The molecule has 0 heterocycles. The number of aliphatic imine (C=N–C) groups is 2. The summed E-state index contributed by atoms with van der Waals surface area (Å²) in [5.41, 5.74) is 8.15. The first-order chi connectivity index (χ1) is 9.20. The summed E-state index contributed by atoms with van der Waals surface area (Å²) in [6.07, 6.45) is -4.85. The molecule has 0 spiro atoms. The Kier molecular flexibility index (Phi) is 4.29. The van der Waals surface area contributed by atoms with Gasteiger partial charge in [-0.1, -0.05) is 0 Å². The molecule has 5 nitrogen and oxygen atoms in total. The fraction of sp³-hybridized carbons (Fsp3) is 0.182. The number of anilines is 1. The van der Waals surface area contributed by atoms with Crippen molar-refractivity contribution in [2.45, 2.75) is 6.18 Å². The number of nitrogen functional groups attached to an aromatic ring is 1. The average molecular weight is 287 g/mol. The Morgan fingerprint density at radius 1 is 1.35 bits per heavy atom. The molecule has 0 radical (unpaired) electrons. The highest BCUT2D eigenvalue weighted by Gasteiger charge is 2.35. The molecule has 1 rings (SSSR count). The van der Waals surface area contributed by atoms with Crippen LogP contribution in [0.5, 0.6) is 0 Å². The van der Waals surface area contributed by atoms with Crippen LogP contribution in [0.25, 0.3) is 0 Å². The quantitative estimate of drug-likeness (QED) is 0.355. The standard InChI is InChI=1S/C11H9F4N5/c1-19-9(4-16)20-10(18)5-2-8(17)7(12)3-6(5)11(13,14)15/h2-3H,17H2,1H3,(H2,18,19,20). The van der Waals surface area contributed by atoms with Gasteiger partial charge in [-0.3, -0.25) is 4.99 Å². The van der Waals surface area contributed by atoms with Gasteiger partial charge < -0.3 is 11.5 Å². The van der Waals surface area contributed by atoms with Gasteiger partial charge in [0.1, 0.15) is 17.7 Å². The molecule has 4 N–H and O–H groups in total. The SMILES string of the molecule is CN=C(C#N)N=C(N)c1cc(N)c(F)cc1C(F)(F)F. The van der Waals surface area contributed by atoms with E-state index in [0.717, 1.165) is 0 Å². The molecule has 0 amide bonds. The largest absolute Gasteiger partial charge is 0.417 e. The van der Waals surface area contributed by atoms with E-state index in [4.69, 9.17) is 16.7 Å². The second-order valence-corrected chi connectivity index (χ2v) is 3.57. The van der Waals surface area contributed by atoms with Crippen molar-refractivity contribution in [1.82, 2.24) is 0 Å². The minimum absolute atomic E-state index is 0.224. The van der Waals surface area contributed by atoms with E-state index in [2.05, 4.69) is 9.98 Å². The molecule has 20 heavy (non-hydrogen) atoms. The number of alkyl halides is 3. The number of rotatable bonds is 1. The van der Waals surface area contributed by atoms with Crippen molar-refractivity contribution in [3.8, 4) is 6.07 Å². The molecule has 0 bridgehead atoms. The molecule has 106 valence electrons. The maximum absolute atomic E-state index is 13.2. The number of amidine groups is 2. The van der Waals surface area contributed by atoms with E-state index in [-0.39, 0.29) is 6.07 Å². The lowest BCUT2D eigenvalue weighted by Gasteiger charge is -2.13. The zero-order valence-corrected chi connectivity index (χ0v) is 10.2. The van der Waals surface area contributed by atoms with Crippen LogP contribution in [0.2, 0.25) is 0 Å². The van der Waals surface area contributed by atoms with E-state index < -0.39 is 40.5 Å². The van der Waals surface area contributed by atoms with E-state index in [1.54, 1.807) is 0 Å². The highest BCUT2D eigenvalue weighted by molar-refractivity contribution is 6.10. The third-order valence-electron chi connectivity index (χ3n) is 2.26. The number of nitrogens with zero attached hydrogens (tertiary/aromatic N) is 3. The highest BCUT2D eigenvalue weighted by Crippen LogP contribution is 2.34. The Hall–Kier alpha value is -2.63. The van der Waals surface area contributed by atoms with Crippen LogP contribution in [0.1, 0.15) is 11.1 Å². The first-order valence-corrected chi connectivity index (χ1v) is 5.08. The van der Waals surface area contributed by atoms with Crippen LogP contribution in [-0.2, 0) is 6.18 Å². The zero-order chi connectivity index (χ0) is 15.5. The molecule has 9 heteroatoms. The number of hydrogen-bond acceptors (Lipinski definition) is 3. The first-order valence-electron chi connectivity index (χ1n) is 5.08. The van der Waals surface area contributed by atoms with E-state index >= 15 is 0 Å². The number of halogens is 4. The molecule has 1 aromatic rings. The van der Waals surface area contributed by atoms with Crippen LogP contribution < -0.4 is 11.5 Å². The van der Waals surface area contributed by atoms with Crippen molar-refractivity contribution in [1.29, 1.82) is 5.26 Å². The molecule has 0 unspecified atom stereocenters. The van der Waals surface area contributed by atoms with Crippen LogP contribution in [0.4, 0.5) is 23.2 Å². The Balaban J connectivity index is 3.52. The topological polar surface area (TPSA) is 101 Å². The summed E-state index contributed by atoms with van der Waals surface area (Å²) >= 11 is 0. The molecule has 0 fully saturated rings. The maximum atomic E-state index is 13.2. The lowest BCUT2D eigenvalue weighted by atomic mass is 10.0. The Bertz CT molecular complexity index is 625. The van der Waals surface area contributed by atoms with Gasteiger partial charge in [0.2, 0.25) is 5.84 Å². The van der Waals surface area contributed by atoms with Crippen LogP contribution in [0.15, 0.2) is 22.1 Å². The highest BCUT2D eigenvalue weighted by atomic mass is 19.4. The fourth-order valence-corrected chi connectivity index (χ4v) is 1.34. The van der Waals surface area contributed by atoms with Crippen molar-refractivity contribution in [3.63, 3.8) is 0 Å². The number of benzene rings is 1. The molecule has 0 atom stereocenters. The van der Waals surface area contributed by atoms with E-state index in [9.17, 15) is 17.6 Å². The molecule has 1 aromatic carbocycles. The van der Waals surface area contributed by atoms with Crippen molar-refractivity contribution >= 4 is 17.4 Å². The van der Waals surface area contributed by atoms with Gasteiger partial charge in [0.25, 0.3) is 0 Å². The first kappa shape index (κ1) is 15.4. The van der Waals surface area contributed by atoms with Crippen molar-refractivity contribution in [2.75, 3.05) is 12.8 Å². The number of nitriles is 1. The summed E-state index contributed by atoms with van der Waals surface area (Å²) in [6.45, 7) is 0. The molecule has 0 saturated carbocycles. The second kappa shape index (κ2) is 5.56. The predicted octanol–water partition coefficient (Wildman–Crippen LogP) is 1.68. The van der Waals surface area contributed by atoms with Crippen LogP contribution in [0, 0.1) is 17.1 Å². The molecule has 0 saturated heterocycles. The third-order valence-corrected chi connectivity index (χ3v) is 2.26. The normalized spacial score (nSPS) is 13.2. The summed E-state index contributed by atoms with van der Waals surface area (Å²) in [5, 5.41) is 8.60. The van der Waals surface area contributed by atoms with Crippen molar-refractivity contribution in [3.05, 3.63) is 29.1 Å². The predicted molar refractivity (Wildman–Crippen MR) is 65.5 cm³/mol. The van der Waals surface area contributed by atoms with Gasteiger partial charge in [0, 0.05) is 12.6 Å².